The van der Waals surface area contributed by atoms with Gasteiger partial charge < -0.3 is 19.2 Å². The molecule has 142 valence electrons. The number of nitrogens with zero attached hydrogens (tertiary/aromatic N) is 2. The summed E-state index contributed by atoms with van der Waals surface area (Å²) in [7, 11) is 3.27. The van der Waals surface area contributed by atoms with Gasteiger partial charge in [0.1, 0.15) is 5.75 Å². The van der Waals surface area contributed by atoms with Crippen LogP contribution in [0.25, 0.3) is 0 Å². The zero-order valence-electron chi connectivity index (χ0n) is 15.7. The standard InChI is InChI=1S/C19H27N3O4/c1-4-15(13-24-2)20-17(23)10-12-19-22-21-18(26-19)11-7-14-5-8-16(25-3)9-6-14/h5-6,8-9,15H,4,7,10-13H2,1-3H3,(H,20,23). The summed E-state index contributed by atoms with van der Waals surface area (Å²) in [5.74, 6) is 1.88. The first kappa shape index (κ1) is 19.9. The Bertz CT molecular complexity index is 670. The average molecular weight is 361 g/mol. The summed E-state index contributed by atoms with van der Waals surface area (Å²) < 4.78 is 15.8. The van der Waals surface area contributed by atoms with Gasteiger partial charge in [0, 0.05) is 26.4 Å². The zero-order chi connectivity index (χ0) is 18.8. The van der Waals surface area contributed by atoms with Crippen LogP contribution in [0, 0.1) is 0 Å². The molecule has 0 aliphatic carbocycles. The van der Waals surface area contributed by atoms with Crippen LogP contribution in [0.1, 0.15) is 37.1 Å². The number of methoxy groups -OCH3 is 2. The fourth-order valence-corrected chi connectivity index (χ4v) is 2.52. The molecule has 0 aliphatic rings. The fraction of sp³-hybridized carbons (Fsp3) is 0.526. The van der Waals surface area contributed by atoms with Crippen LogP contribution in [0.5, 0.6) is 5.75 Å². The Kier molecular flexibility index (Phi) is 8.08. The van der Waals surface area contributed by atoms with Crippen LogP contribution in [-0.2, 0) is 28.8 Å². The van der Waals surface area contributed by atoms with Gasteiger partial charge in [0.2, 0.25) is 17.7 Å². The van der Waals surface area contributed by atoms with Crippen molar-refractivity contribution in [2.24, 2.45) is 0 Å². The molecule has 0 fully saturated rings. The van der Waals surface area contributed by atoms with Gasteiger partial charge >= 0.3 is 0 Å². The summed E-state index contributed by atoms with van der Waals surface area (Å²) in [6, 6.07) is 7.94. The fourth-order valence-electron chi connectivity index (χ4n) is 2.52. The van der Waals surface area contributed by atoms with Gasteiger partial charge in [-0.2, -0.15) is 0 Å². The molecular weight excluding hydrogens is 334 g/mol. The van der Waals surface area contributed by atoms with Crippen molar-refractivity contribution in [3.8, 4) is 5.75 Å². The monoisotopic (exact) mass is 361 g/mol. The van der Waals surface area contributed by atoms with Crippen molar-refractivity contribution in [3.63, 3.8) is 0 Å². The zero-order valence-corrected chi connectivity index (χ0v) is 15.7. The number of amides is 1. The molecule has 2 aromatic rings. The number of carbonyl (C=O) groups is 1. The van der Waals surface area contributed by atoms with Crippen LogP contribution < -0.4 is 10.1 Å². The highest BCUT2D eigenvalue weighted by Crippen LogP contribution is 2.13. The van der Waals surface area contributed by atoms with E-state index in [1.807, 2.05) is 31.2 Å². The van der Waals surface area contributed by atoms with Crippen molar-refractivity contribution in [3.05, 3.63) is 41.6 Å². The number of carbonyl (C=O) groups excluding carboxylic acids is 1. The van der Waals surface area contributed by atoms with Crippen LogP contribution >= 0.6 is 0 Å². The lowest BCUT2D eigenvalue weighted by atomic mass is 10.1. The van der Waals surface area contributed by atoms with Crippen LogP contribution in [0.2, 0.25) is 0 Å². The highest BCUT2D eigenvalue weighted by atomic mass is 16.5. The Balaban J connectivity index is 1.75. The molecule has 1 heterocycles. The van der Waals surface area contributed by atoms with Crippen LogP contribution in [-0.4, -0.2) is 43.0 Å². The Morgan fingerprint density at radius 3 is 2.42 bits per heavy atom. The second kappa shape index (κ2) is 10.6. The summed E-state index contributed by atoms with van der Waals surface area (Å²) in [5.41, 5.74) is 1.17. The van der Waals surface area contributed by atoms with E-state index in [-0.39, 0.29) is 11.9 Å². The number of hydrogen-bond donors (Lipinski definition) is 1. The highest BCUT2D eigenvalue weighted by molar-refractivity contribution is 5.76. The number of nitrogens with one attached hydrogen (secondary N) is 1. The summed E-state index contributed by atoms with van der Waals surface area (Å²) >= 11 is 0. The molecule has 0 aliphatic heterocycles. The van der Waals surface area contributed by atoms with E-state index in [4.69, 9.17) is 13.9 Å². The predicted octanol–water partition coefficient (Wildman–Crippen LogP) is 2.34. The minimum atomic E-state index is -0.0353. The molecule has 1 amide bonds. The van der Waals surface area contributed by atoms with Gasteiger partial charge in [-0.25, -0.2) is 0 Å². The summed E-state index contributed by atoms with van der Waals surface area (Å²) in [6.45, 7) is 2.52. The quantitative estimate of drug-likeness (QED) is 0.661. The summed E-state index contributed by atoms with van der Waals surface area (Å²) in [4.78, 5) is 12.0. The van der Waals surface area contributed by atoms with Gasteiger partial charge in [0.05, 0.1) is 19.8 Å². The first-order chi connectivity index (χ1) is 12.6. The normalized spacial score (nSPS) is 12.0. The molecule has 0 saturated carbocycles. The molecular formula is C19H27N3O4. The number of rotatable bonds is 11. The molecule has 1 N–H and O–H groups in total. The van der Waals surface area contributed by atoms with Gasteiger partial charge in [0.15, 0.2) is 0 Å². The van der Waals surface area contributed by atoms with Gasteiger partial charge in [-0.15, -0.1) is 10.2 Å². The third kappa shape index (κ3) is 6.48. The third-order valence-corrected chi connectivity index (χ3v) is 4.09. The average Bonchev–Trinajstić information content (AvgIpc) is 3.12. The van der Waals surface area contributed by atoms with E-state index in [0.29, 0.717) is 37.7 Å². The minimum absolute atomic E-state index is 0.0353. The summed E-state index contributed by atoms with van der Waals surface area (Å²) in [6.07, 6.45) is 3.05. The highest BCUT2D eigenvalue weighted by Gasteiger charge is 2.12. The second-order valence-corrected chi connectivity index (χ2v) is 6.07. The Labute approximate surface area is 154 Å². The number of aryl methyl sites for hydroxylation is 3. The maximum atomic E-state index is 12.0. The first-order valence-electron chi connectivity index (χ1n) is 8.87. The van der Waals surface area contributed by atoms with E-state index in [1.165, 1.54) is 5.56 Å². The van der Waals surface area contributed by atoms with Crippen LogP contribution in [0.3, 0.4) is 0 Å². The SMILES string of the molecule is CCC(COC)NC(=O)CCc1nnc(CCc2ccc(OC)cc2)o1. The molecule has 0 saturated heterocycles. The lowest BCUT2D eigenvalue weighted by molar-refractivity contribution is -0.122. The Morgan fingerprint density at radius 2 is 1.81 bits per heavy atom. The molecule has 0 bridgehead atoms. The molecule has 7 heteroatoms. The van der Waals surface area contributed by atoms with Crippen molar-refractivity contribution in [1.82, 2.24) is 15.5 Å². The largest absolute Gasteiger partial charge is 0.497 e. The topological polar surface area (TPSA) is 86.5 Å². The van der Waals surface area contributed by atoms with Crippen molar-refractivity contribution in [2.75, 3.05) is 20.8 Å². The van der Waals surface area contributed by atoms with E-state index >= 15 is 0 Å². The molecule has 1 aromatic carbocycles. The van der Waals surface area contributed by atoms with Crippen molar-refractivity contribution in [1.29, 1.82) is 0 Å². The van der Waals surface area contributed by atoms with Crippen molar-refractivity contribution in [2.45, 2.75) is 45.1 Å². The van der Waals surface area contributed by atoms with Crippen molar-refractivity contribution >= 4 is 5.91 Å². The number of benzene rings is 1. The Morgan fingerprint density at radius 1 is 1.12 bits per heavy atom. The molecule has 1 aromatic heterocycles. The lowest BCUT2D eigenvalue weighted by Crippen LogP contribution is -2.37. The molecule has 1 unspecified atom stereocenters. The number of aromatic nitrogens is 2. The molecule has 0 spiro atoms. The van der Waals surface area contributed by atoms with E-state index in [0.717, 1.165) is 18.6 Å². The summed E-state index contributed by atoms with van der Waals surface area (Å²) in [5, 5.41) is 11.0. The van der Waals surface area contributed by atoms with Crippen molar-refractivity contribution < 1.29 is 18.7 Å². The molecule has 2 rings (SSSR count). The number of hydrogen-bond acceptors (Lipinski definition) is 6. The Hall–Kier alpha value is -2.41. The molecule has 1 atom stereocenters. The van der Waals surface area contributed by atoms with Gasteiger partial charge in [0.25, 0.3) is 0 Å². The van der Waals surface area contributed by atoms with E-state index < -0.39 is 0 Å². The van der Waals surface area contributed by atoms with Gasteiger partial charge in [-0.1, -0.05) is 19.1 Å². The third-order valence-electron chi connectivity index (χ3n) is 4.09. The van der Waals surface area contributed by atoms with E-state index in [9.17, 15) is 4.79 Å². The maximum absolute atomic E-state index is 12.0. The first-order valence-corrected chi connectivity index (χ1v) is 8.87. The van der Waals surface area contributed by atoms with Gasteiger partial charge in [-0.3, -0.25) is 4.79 Å². The van der Waals surface area contributed by atoms with Crippen LogP contribution in [0.15, 0.2) is 28.7 Å². The number of ether oxygens (including phenoxy) is 2. The van der Waals surface area contributed by atoms with E-state index in [2.05, 4.69) is 15.5 Å². The lowest BCUT2D eigenvalue weighted by Gasteiger charge is -2.15. The van der Waals surface area contributed by atoms with Gasteiger partial charge in [-0.05, 0) is 30.5 Å². The molecule has 7 nitrogen and oxygen atoms in total. The molecule has 26 heavy (non-hydrogen) atoms. The van der Waals surface area contributed by atoms with Crippen LogP contribution in [0.4, 0.5) is 0 Å². The smallest absolute Gasteiger partial charge is 0.220 e. The minimum Gasteiger partial charge on any atom is -0.497 e. The maximum Gasteiger partial charge on any atom is 0.220 e. The second-order valence-electron chi connectivity index (χ2n) is 6.07. The predicted molar refractivity (Wildman–Crippen MR) is 97.1 cm³/mol. The molecule has 0 radical (unpaired) electrons. The van der Waals surface area contributed by atoms with E-state index in [1.54, 1.807) is 14.2 Å².